The molecule has 0 amide bonds. The average Bonchev–Trinajstić information content (AvgIpc) is 2.63. The lowest BCUT2D eigenvalue weighted by atomic mass is 9.97. The van der Waals surface area contributed by atoms with E-state index in [9.17, 15) is 9.59 Å². The van der Waals surface area contributed by atoms with Crippen LogP contribution in [0.5, 0.6) is 0 Å². The maximum absolute atomic E-state index is 10.1. The van der Waals surface area contributed by atoms with Crippen LogP contribution in [-0.2, 0) is 4.79 Å². The summed E-state index contributed by atoms with van der Waals surface area (Å²) in [6.07, 6.45) is 9.57. The number of carboxylic acids is 1. The molecule has 0 unspecified atom stereocenters. The fraction of sp³-hybridized carbons (Fsp3) is 0.632. The highest BCUT2D eigenvalue weighted by molar-refractivity contribution is 5.73. The normalized spacial score (nSPS) is 14.9. The van der Waals surface area contributed by atoms with E-state index < -0.39 is 12.0 Å². The molecule has 0 radical (unpaired) electrons. The minimum atomic E-state index is -0.933. The molecule has 1 aliphatic carbocycles. The van der Waals surface area contributed by atoms with Crippen LogP contribution >= 0.6 is 0 Å². The Morgan fingerprint density at radius 1 is 1.31 bits per heavy atom. The van der Waals surface area contributed by atoms with Gasteiger partial charge in [0.1, 0.15) is 11.7 Å². The first kappa shape index (κ1) is 24.2. The van der Waals surface area contributed by atoms with Crippen molar-refractivity contribution in [3.8, 4) is 0 Å². The molecule has 7 heteroatoms. The lowest BCUT2D eigenvalue weighted by molar-refractivity contribution is -0.138. The maximum Gasteiger partial charge on any atom is 0.320 e. The van der Waals surface area contributed by atoms with Gasteiger partial charge in [0.25, 0.3) is 0 Å². The number of aliphatic carboxylic acids is 1. The number of unbranched alkanes of at least 4 members (excludes halogenated alkanes) is 1. The number of rotatable bonds is 6. The molecule has 1 aromatic heterocycles. The summed E-state index contributed by atoms with van der Waals surface area (Å²) >= 11 is 0. The summed E-state index contributed by atoms with van der Waals surface area (Å²) in [6, 6.07) is 5.17. The van der Waals surface area contributed by atoms with Crippen LogP contribution in [0.1, 0.15) is 67.5 Å². The van der Waals surface area contributed by atoms with Crippen molar-refractivity contribution in [1.29, 1.82) is 0 Å². The molecular weight excluding hydrogens is 332 g/mol. The van der Waals surface area contributed by atoms with Crippen molar-refractivity contribution < 1.29 is 14.7 Å². The molecule has 7 nitrogen and oxygen atoms in total. The second-order valence-corrected chi connectivity index (χ2v) is 6.45. The molecule has 148 valence electrons. The van der Waals surface area contributed by atoms with Crippen molar-refractivity contribution in [3.05, 3.63) is 29.6 Å². The number of hydrogen-bond acceptors (Lipinski definition) is 6. The van der Waals surface area contributed by atoms with Gasteiger partial charge in [0.15, 0.2) is 6.29 Å². The summed E-state index contributed by atoms with van der Waals surface area (Å²) < 4.78 is 0. The molecule has 0 aliphatic heterocycles. The van der Waals surface area contributed by atoms with Crippen molar-refractivity contribution >= 4 is 12.3 Å². The second kappa shape index (κ2) is 15.4. The van der Waals surface area contributed by atoms with Gasteiger partial charge < -0.3 is 22.3 Å². The minimum Gasteiger partial charge on any atom is -0.480 e. The van der Waals surface area contributed by atoms with Gasteiger partial charge in [0.2, 0.25) is 0 Å². The van der Waals surface area contributed by atoms with Crippen LogP contribution < -0.4 is 17.2 Å². The third kappa shape index (κ3) is 13.5. The van der Waals surface area contributed by atoms with Crippen LogP contribution in [0, 0.1) is 6.92 Å². The maximum atomic E-state index is 10.1. The van der Waals surface area contributed by atoms with Gasteiger partial charge in [-0.3, -0.25) is 14.6 Å². The lowest BCUT2D eigenvalue weighted by Gasteiger charge is -2.15. The van der Waals surface area contributed by atoms with Gasteiger partial charge in [-0.1, -0.05) is 31.7 Å². The minimum absolute atomic E-state index is 0.495. The van der Waals surface area contributed by atoms with Gasteiger partial charge >= 0.3 is 5.97 Å². The number of carbonyl (C=O) groups is 2. The Morgan fingerprint density at radius 2 is 1.96 bits per heavy atom. The molecule has 2 rings (SSSR count). The van der Waals surface area contributed by atoms with Gasteiger partial charge in [0.05, 0.1) is 0 Å². The highest BCUT2D eigenvalue weighted by Crippen LogP contribution is 2.14. The predicted octanol–water partition coefficient (Wildman–Crippen LogP) is 2.01. The van der Waals surface area contributed by atoms with E-state index in [2.05, 4.69) is 4.98 Å². The third-order valence-corrected chi connectivity index (χ3v) is 3.97. The van der Waals surface area contributed by atoms with Gasteiger partial charge in [-0.2, -0.15) is 0 Å². The van der Waals surface area contributed by atoms with Crippen LogP contribution in [0.3, 0.4) is 0 Å². The fourth-order valence-corrected chi connectivity index (χ4v) is 2.40. The Morgan fingerprint density at radius 3 is 2.35 bits per heavy atom. The largest absolute Gasteiger partial charge is 0.480 e. The number of aromatic nitrogens is 1. The first-order chi connectivity index (χ1) is 12.4. The SMILES string of the molecule is Cc1cccc(C=O)n1.NC1CCCCC1.NCCCC[C@H](N)C(=O)O. The average molecular weight is 367 g/mol. The Hall–Kier alpha value is -1.83. The van der Waals surface area contributed by atoms with E-state index >= 15 is 0 Å². The predicted molar refractivity (Wildman–Crippen MR) is 104 cm³/mol. The number of hydrogen-bond donors (Lipinski definition) is 4. The Balaban J connectivity index is 0.000000365. The Kier molecular flexibility index (Phi) is 14.3. The summed E-state index contributed by atoms with van der Waals surface area (Å²) in [5.74, 6) is -0.933. The van der Waals surface area contributed by atoms with E-state index in [-0.39, 0.29) is 0 Å². The molecule has 0 aromatic carbocycles. The first-order valence-corrected chi connectivity index (χ1v) is 9.23. The van der Waals surface area contributed by atoms with Gasteiger partial charge in [0, 0.05) is 11.7 Å². The number of aldehydes is 1. The topological polar surface area (TPSA) is 145 Å². The van der Waals surface area contributed by atoms with Crippen molar-refractivity contribution in [1.82, 2.24) is 4.98 Å². The van der Waals surface area contributed by atoms with E-state index in [4.69, 9.17) is 22.3 Å². The van der Waals surface area contributed by atoms with Crippen LogP contribution in [0.25, 0.3) is 0 Å². The summed E-state index contributed by atoms with van der Waals surface area (Å²) in [4.78, 5) is 24.2. The standard InChI is InChI=1S/C7H7NO.C6H14N2O2.C6H13N/c1-6-3-2-4-7(5-9)8-6;7-4-2-1-3-5(8)6(9)10;7-6-4-2-1-3-5-6/h2-5H,1H3;5H,1-4,7-8H2,(H,9,10);6H,1-5,7H2/t;5-;/m.0./s1. The number of carboxylic acid groups (broad SMARTS) is 1. The van der Waals surface area contributed by atoms with Crippen LogP contribution in [0.2, 0.25) is 0 Å². The van der Waals surface area contributed by atoms with Gasteiger partial charge in [-0.15, -0.1) is 0 Å². The number of aryl methyl sites for hydroxylation is 1. The molecular formula is C19H34N4O3. The monoisotopic (exact) mass is 366 g/mol. The molecule has 1 saturated carbocycles. The van der Waals surface area contributed by atoms with E-state index in [0.717, 1.165) is 24.8 Å². The van der Waals surface area contributed by atoms with E-state index in [1.165, 1.54) is 32.1 Å². The summed E-state index contributed by atoms with van der Waals surface area (Å²) in [7, 11) is 0. The number of pyridine rings is 1. The third-order valence-electron chi connectivity index (χ3n) is 3.97. The second-order valence-electron chi connectivity index (χ2n) is 6.45. The molecule has 26 heavy (non-hydrogen) atoms. The summed E-state index contributed by atoms with van der Waals surface area (Å²) in [5.41, 5.74) is 17.4. The smallest absolute Gasteiger partial charge is 0.320 e. The molecule has 0 saturated heterocycles. The van der Waals surface area contributed by atoms with Crippen LogP contribution in [-0.4, -0.2) is 41.0 Å². The Labute approximate surface area is 156 Å². The molecule has 0 bridgehead atoms. The molecule has 1 aromatic rings. The van der Waals surface area contributed by atoms with Gasteiger partial charge in [-0.25, -0.2) is 0 Å². The van der Waals surface area contributed by atoms with Crippen molar-refractivity contribution in [2.24, 2.45) is 17.2 Å². The lowest BCUT2D eigenvalue weighted by Crippen LogP contribution is -2.29. The highest BCUT2D eigenvalue weighted by Gasteiger charge is 2.09. The Bertz CT molecular complexity index is 505. The molecule has 1 heterocycles. The zero-order valence-electron chi connectivity index (χ0n) is 15.8. The summed E-state index contributed by atoms with van der Waals surface area (Å²) in [5, 5.41) is 8.33. The fourth-order valence-electron chi connectivity index (χ4n) is 2.40. The van der Waals surface area contributed by atoms with Crippen LogP contribution in [0.15, 0.2) is 18.2 Å². The molecule has 7 N–H and O–H groups in total. The summed E-state index contributed by atoms with van der Waals surface area (Å²) in [6.45, 7) is 2.46. The highest BCUT2D eigenvalue weighted by atomic mass is 16.4. The van der Waals surface area contributed by atoms with Crippen molar-refractivity contribution in [3.63, 3.8) is 0 Å². The molecule has 1 atom stereocenters. The number of carbonyl (C=O) groups excluding carboxylic acids is 1. The van der Waals surface area contributed by atoms with E-state index in [1.807, 2.05) is 19.1 Å². The zero-order valence-corrected chi connectivity index (χ0v) is 15.8. The molecule has 1 aliphatic rings. The van der Waals surface area contributed by atoms with Crippen molar-refractivity contribution in [2.45, 2.75) is 70.4 Å². The number of nitrogens with two attached hydrogens (primary N) is 3. The van der Waals surface area contributed by atoms with E-state index in [1.54, 1.807) is 6.07 Å². The van der Waals surface area contributed by atoms with E-state index in [0.29, 0.717) is 24.7 Å². The van der Waals surface area contributed by atoms with Gasteiger partial charge in [-0.05, 0) is 51.3 Å². The van der Waals surface area contributed by atoms with Crippen molar-refractivity contribution in [2.75, 3.05) is 6.54 Å². The molecule has 1 fully saturated rings. The first-order valence-electron chi connectivity index (χ1n) is 9.23. The zero-order chi connectivity index (χ0) is 19.8. The molecule has 0 spiro atoms. The number of nitrogens with zero attached hydrogens (tertiary/aromatic N) is 1. The quantitative estimate of drug-likeness (QED) is 0.445. The van der Waals surface area contributed by atoms with Crippen LogP contribution in [0.4, 0.5) is 0 Å².